The number of ether oxygens (including phenoxy) is 2. The average Bonchev–Trinajstić information content (AvgIpc) is 2.37. The lowest BCUT2D eigenvalue weighted by Crippen LogP contribution is -2.50. The molecule has 1 aliphatic rings. The summed E-state index contributed by atoms with van der Waals surface area (Å²) in [6, 6.07) is -0.598. The molecule has 7 nitrogen and oxygen atoms in total. The van der Waals surface area contributed by atoms with Gasteiger partial charge in [0.05, 0.1) is 0 Å². The first-order valence-electron chi connectivity index (χ1n) is 6.80. The maximum Gasteiger partial charge on any atom is 0.411 e. The molecule has 1 N–H and O–H groups in total. The normalized spacial score (nSPS) is 19.6. The molecule has 0 bridgehead atoms. The molecule has 0 aliphatic carbocycles. The average molecular weight is 288 g/mol. The van der Waals surface area contributed by atoms with Crippen LogP contribution in [0.15, 0.2) is 0 Å². The largest absolute Gasteiger partial charge is 0.444 e. The number of likely N-dealkylation sites (tertiary alicyclic amines) is 1. The van der Waals surface area contributed by atoms with Crippen LogP contribution in [0, 0.1) is 0 Å². The second kappa shape index (κ2) is 7.44. The van der Waals surface area contributed by atoms with Crippen molar-refractivity contribution in [1.82, 2.24) is 10.4 Å². The molecular formula is C13H24N2O5. The molecule has 0 aromatic heterocycles. The van der Waals surface area contributed by atoms with Crippen molar-refractivity contribution in [1.29, 1.82) is 0 Å². The molecule has 7 heteroatoms. The van der Waals surface area contributed by atoms with Crippen molar-refractivity contribution in [3.63, 3.8) is 0 Å². The van der Waals surface area contributed by atoms with Gasteiger partial charge in [-0.05, 0) is 40.0 Å². The van der Waals surface area contributed by atoms with Gasteiger partial charge in [0.25, 0.3) is 0 Å². The molecule has 0 aromatic rings. The minimum Gasteiger partial charge on any atom is -0.444 e. The number of carbonyl (C=O) groups is 2. The zero-order chi connectivity index (χ0) is 15.2. The third kappa shape index (κ3) is 5.34. The van der Waals surface area contributed by atoms with Gasteiger partial charge in [-0.3, -0.25) is 9.74 Å². The number of nitrogens with zero attached hydrogens (tertiary/aromatic N) is 1. The Hall–Kier alpha value is -1.34. The Bertz CT molecular complexity index is 340. The van der Waals surface area contributed by atoms with E-state index in [0.717, 1.165) is 12.8 Å². The Labute approximate surface area is 119 Å². The number of nitrogens with one attached hydrogen (secondary N) is 1. The van der Waals surface area contributed by atoms with E-state index in [0.29, 0.717) is 13.0 Å². The quantitative estimate of drug-likeness (QED) is 0.365. The third-order valence-electron chi connectivity index (χ3n) is 2.81. The number of esters is 1. The van der Waals surface area contributed by atoms with Gasteiger partial charge in [0, 0.05) is 13.6 Å². The first-order chi connectivity index (χ1) is 9.35. The number of hydroxylamine groups is 1. The molecule has 1 saturated heterocycles. The molecule has 20 heavy (non-hydrogen) atoms. The van der Waals surface area contributed by atoms with E-state index in [1.165, 1.54) is 4.90 Å². The Balaban J connectivity index is 2.61. The molecule has 1 unspecified atom stereocenters. The lowest BCUT2D eigenvalue weighted by Gasteiger charge is -2.35. The molecule has 1 amide bonds. The molecule has 1 rings (SSSR count). The van der Waals surface area contributed by atoms with Crippen LogP contribution in [0.25, 0.3) is 0 Å². The van der Waals surface area contributed by atoms with Crippen LogP contribution in [-0.4, -0.2) is 49.0 Å². The van der Waals surface area contributed by atoms with Crippen molar-refractivity contribution in [3.05, 3.63) is 0 Å². The predicted molar refractivity (Wildman–Crippen MR) is 71.7 cm³/mol. The molecule has 0 aromatic carbocycles. The summed E-state index contributed by atoms with van der Waals surface area (Å²) in [4.78, 5) is 30.3. The zero-order valence-corrected chi connectivity index (χ0v) is 12.6. The lowest BCUT2D eigenvalue weighted by atomic mass is 10.0. The van der Waals surface area contributed by atoms with Crippen LogP contribution in [0.4, 0.5) is 4.79 Å². The van der Waals surface area contributed by atoms with E-state index in [1.807, 2.05) is 0 Å². The molecule has 0 radical (unpaired) electrons. The van der Waals surface area contributed by atoms with Gasteiger partial charge in [-0.1, -0.05) is 0 Å². The highest BCUT2D eigenvalue weighted by Crippen LogP contribution is 2.21. The fourth-order valence-corrected chi connectivity index (χ4v) is 1.96. The summed E-state index contributed by atoms with van der Waals surface area (Å²) in [5.41, 5.74) is 1.82. The van der Waals surface area contributed by atoms with E-state index in [9.17, 15) is 9.59 Å². The van der Waals surface area contributed by atoms with E-state index >= 15 is 0 Å². The van der Waals surface area contributed by atoms with E-state index < -0.39 is 23.7 Å². The first kappa shape index (κ1) is 16.7. The van der Waals surface area contributed by atoms with Gasteiger partial charge in [0.1, 0.15) is 11.6 Å². The Morgan fingerprint density at radius 2 is 2.00 bits per heavy atom. The SMILES string of the molecule is CNOCOC(=O)C1CCCCN1C(=O)OC(C)(C)C. The minimum atomic E-state index is -0.598. The van der Waals surface area contributed by atoms with Crippen LogP contribution in [0.3, 0.4) is 0 Å². The van der Waals surface area contributed by atoms with Gasteiger partial charge in [-0.2, -0.15) is 0 Å². The Morgan fingerprint density at radius 3 is 2.60 bits per heavy atom. The van der Waals surface area contributed by atoms with E-state index in [2.05, 4.69) is 5.48 Å². The third-order valence-corrected chi connectivity index (χ3v) is 2.81. The molecule has 116 valence electrons. The van der Waals surface area contributed by atoms with Gasteiger partial charge in [-0.15, -0.1) is 0 Å². The predicted octanol–water partition coefficient (Wildman–Crippen LogP) is 1.43. The van der Waals surface area contributed by atoms with Crippen molar-refractivity contribution in [2.75, 3.05) is 20.4 Å². The summed E-state index contributed by atoms with van der Waals surface area (Å²) in [6.45, 7) is 5.70. The fraction of sp³-hybridized carbons (Fsp3) is 0.846. The van der Waals surface area contributed by atoms with Gasteiger partial charge < -0.3 is 9.47 Å². The van der Waals surface area contributed by atoms with Gasteiger partial charge in [-0.25, -0.2) is 15.1 Å². The second-order valence-electron chi connectivity index (χ2n) is 5.62. The summed E-state index contributed by atoms with van der Waals surface area (Å²) < 4.78 is 10.3. The number of carbonyl (C=O) groups excluding carboxylic acids is 2. The van der Waals surface area contributed by atoms with Crippen molar-refractivity contribution >= 4 is 12.1 Å². The second-order valence-corrected chi connectivity index (χ2v) is 5.62. The zero-order valence-electron chi connectivity index (χ0n) is 12.6. The minimum absolute atomic E-state index is 0.187. The number of hydrogen-bond donors (Lipinski definition) is 1. The summed E-state index contributed by atoms with van der Waals surface area (Å²) in [5.74, 6) is -0.467. The highest BCUT2D eigenvalue weighted by Gasteiger charge is 2.35. The maximum atomic E-state index is 12.1. The Kier molecular flexibility index (Phi) is 6.22. The van der Waals surface area contributed by atoms with Gasteiger partial charge >= 0.3 is 12.1 Å². The molecule has 1 fully saturated rings. The van der Waals surface area contributed by atoms with Crippen molar-refractivity contribution in [2.24, 2.45) is 0 Å². The number of piperidine rings is 1. The number of hydrogen-bond acceptors (Lipinski definition) is 6. The summed E-state index contributed by atoms with van der Waals surface area (Å²) in [7, 11) is 1.57. The van der Waals surface area contributed by atoms with Gasteiger partial charge in [0.15, 0.2) is 0 Å². The molecule has 0 spiro atoms. The highest BCUT2D eigenvalue weighted by atomic mass is 16.8. The van der Waals surface area contributed by atoms with Crippen LogP contribution in [0.5, 0.6) is 0 Å². The fourth-order valence-electron chi connectivity index (χ4n) is 1.96. The number of amides is 1. The first-order valence-corrected chi connectivity index (χ1v) is 6.80. The monoisotopic (exact) mass is 288 g/mol. The standard InChI is InChI=1S/C13H24N2O5/c1-13(2,3)20-12(17)15-8-6-5-7-10(15)11(16)18-9-19-14-4/h10,14H,5-9H2,1-4H3. The van der Waals surface area contributed by atoms with Crippen LogP contribution < -0.4 is 5.48 Å². The summed E-state index contributed by atoms with van der Waals surface area (Å²) in [6.07, 6.45) is 1.84. The molecule has 1 heterocycles. The van der Waals surface area contributed by atoms with Crippen molar-refractivity contribution in [3.8, 4) is 0 Å². The summed E-state index contributed by atoms with van der Waals surface area (Å²) >= 11 is 0. The summed E-state index contributed by atoms with van der Waals surface area (Å²) in [5, 5.41) is 0. The molecule has 1 atom stereocenters. The topological polar surface area (TPSA) is 77.1 Å². The van der Waals surface area contributed by atoms with E-state index in [1.54, 1.807) is 27.8 Å². The van der Waals surface area contributed by atoms with E-state index in [-0.39, 0.29) is 6.79 Å². The Morgan fingerprint density at radius 1 is 1.30 bits per heavy atom. The molecule has 1 aliphatic heterocycles. The van der Waals surface area contributed by atoms with Crippen LogP contribution >= 0.6 is 0 Å². The van der Waals surface area contributed by atoms with Crippen LogP contribution in [0.2, 0.25) is 0 Å². The molecule has 0 saturated carbocycles. The smallest absolute Gasteiger partial charge is 0.411 e. The van der Waals surface area contributed by atoms with E-state index in [4.69, 9.17) is 14.3 Å². The van der Waals surface area contributed by atoms with Crippen LogP contribution in [0.1, 0.15) is 40.0 Å². The maximum absolute atomic E-state index is 12.1. The highest BCUT2D eigenvalue weighted by molar-refractivity contribution is 5.81. The van der Waals surface area contributed by atoms with Gasteiger partial charge in [0.2, 0.25) is 6.79 Å². The lowest BCUT2D eigenvalue weighted by molar-refractivity contribution is -0.168. The van der Waals surface area contributed by atoms with Crippen molar-refractivity contribution in [2.45, 2.75) is 51.7 Å². The number of rotatable bonds is 4. The van der Waals surface area contributed by atoms with Crippen LogP contribution in [-0.2, 0) is 19.1 Å². The van der Waals surface area contributed by atoms with Crippen molar-refractivity contribution < 1.29 is 23.9 Å². The molecular weight excluding hydrogens is 264 g/mol.